The van der Waals surface area contributed by atoms with Crippen molar-refractivity contribution in [3.63, 3.8) is 0 Å². The summed E-state index contributed by atoms with van der Waals surface area (Å²) in [6.45, 7) is 2.51. The van der Waals surface area contributed by atoms with Crippen LogP contribution in [0.3, 0.4) is 0 Å². The number of fused-ring (bicyclic) bond motifs is 1. The minimum Gasteiger partial charge on any atom is -0.377 e. The maximum absolute atomic E-state index is 12.4. The molecule has 5 heteroatoms. The Bertz CT molecular complexity index is 319. The average Bonchev–Trinajstić information content (AvgIpc) is 2.48. The molecule has 96 valence electrons. The number of carbonyl (C=O) groups is 2. The summed E-state index contributed by atoms with van der Waals surface area (Å²) < 4.78 is 5.53. The summed E-state index contributed by atoms with van der Waals surface area (Å²) in [5, 5.41) is 2.96. The van der Waals surface area contributed by atoms with Crippen LogP contribution in [0.5, 0.6) is 0 Å². The predicted octanol–water partition coefficient (Wildman–Crippen LogP) is -0.0567. The molecule has 0 aromatic carbocycles. The highest BCUT2D eigenvalue weighted by Crippen LogP contribution is 2.26. The number of Topliss-reactive ketones (excluding diaryl/α,β-unsaturated/α-hetero) is 1. The molecule has 0 saturated carbocycles. The van der Waals surface area contributed by atoms with E-state index in [4.69, 9.17) is 4.74 Å². The van der Waals surface area contributed by atoms with Gasteiger partial charge in [0, 0.05) is 0 Å². The first-order chi connectivity index (χ1) is 8.15. The van der Waals surface area contributed by atoms with E-state index in [9.17, 15) is 9.59 Å². The van der Waals surface area contributed by atoms with Gasteiger partial charge in [0.25, 0.3) is 0 Å². The number of carbonyl (C=O) groups excluding carboxylic acids is 2. The molecule has 2 rings (SSSR count). The van der Waals surface area contributed by atoms with Gasteiger partial charge in [0.05, 0.1) is 25.3 Å². The monoisotopic (exact) mass is 240 g/mol. The molecule has 0 aromatic rings. The van der Waals surface area contributed by atoms with E-state index in [1.165, 1.54) is 0 Å². The van der Waals surface area contributed by atoms with Crippen LogP contribution in [0.15, 0.2) is 0 Å². The molecule has 3 unspecified atom stereocenters. The van der Waals surface area contributed by atoms with Crippen molar-refractivity contribution in [2.45, 2.75) is 44.3 Å². The molecule has 2 heterocycles. The number of ether oxygens (including phenoxy) is 1. The van der Waals surface area contributed by atoms with Crippen molar-refractivity contribution in [2.24, 2.45) is 0 Å². The summed E-state index contributed by atoms with van der Waals surface area (Å²) in [7, 11) is 1.75. The Morgan fingerprint density at radius 3 is 2.82 bits per heavy atom. The summed E-state index contributed by atoms with van der Waals surface area (Å²) in [6.07, 6.45) is 2.71. The number of likely N-dealkylation sites (N-methyl/N-ethyl adjacent to an activating group) is 1. The summed E-state index contributed by atoms with van der Waals surface area (Å²) >= 11 is 0. The molecule has 0 spiro atoms. The van der Waals surface area contributed by atoms with Crippen LogP contribution in [-0.4, -0.2) is 55.0 Å². The summed E-state index contributed by atoms with van der Waals surface area (Å²) in [6, 6.07) is -0.498. The number of rotatable bonds is 2. The van der Waals surface area contributed by atoms with Gasteiger partial charge in [-0.15, -0.1) is 0 Å². The van der Waals surface area contributed by atoms with Gasteiger partial charge in [-0.25, -0.2) is 0 Å². The van der Waals surface area contributed by atoms with Crippen molar-refractivity contribution in [1.29, 1.82) is 0 Å². The molecule has 0 bridgehead atoms. The summed E-state index contributed by atoms with van der Waals surface area (Å²) in [4.78, 5) is 25.8. The van der Waals surface area contributed by atoms with Gasteiger partial charge in [-0.05, 0) is 33.2 Å². The number of nitrogens with zero attached hydrogens (tertiary/aromatic N) is 1. The second kappa shape index (κ2) is 5.14. The normalized spacial score (nSPS) is 34.1. The van der Waals surface area contributed by atoms with Gasteiger partial charge < -0.3 is 15.0 Å². The lowest BCUT2D eigenvalue weighted by Crippen LogP contribution is -2.57. The number of nitrogens with one attached hydrogen (secondary N) is 1. The van der Waals surface area contributed by atoms with E-state index < -0.39 is 0 Å². The molecule has 2 saturated heterocycles. The van der Waals surface area contributed by atoms with Gasteiger partial charge in [-0.3, -0.25) is 9.59 Å². The van der Waals surface area contributed by atoms with Crippen LogP contribution in [0.1, 0.15) is 26.2 Å². The first-order valence-corrected chi connectivity index (χ1v) is 6.22. The third-order valence-corrected chi connectivity index (χ3v) is 3.71. The maximum atomic E-state index is 12.4. The van der Waals surface area contributed by atoms with Crippen LogP contribution in [-0.2, 0) is 14.3 Å². The zero-order chi connectivity index (χ0) is 12.4. The molecule has 1 N–H and O–H groups in total. The Labute approximate surface area is 101 Å². The highest BCUT2D eigenvalue weighted by Gasteiger charge is 2.40. The van der Waals surface area contributed by atoms with Crippen LogP contribution < -0.4 is 5.32 Å². The molecule has 3 atom stereocenters. The highest BCUT2D eigenvalue weighted by atomic mass is 16.5. The largest absolute Gasteiger partial charge is 0.377 e. The van der Waals surface area contributed by atoms with E-state index in [0.717, 1.165) is 19.3 Å². The number of hydrogen-bond acceptors (Lipinski definition) is 4. The molecule has 0 aliphatic carbocycles. The Morgan fingerprint density at radius 1 is 1.41 bits per heavy atom. The fourth-order valence-corrected chi connectivity index (χ4v) is 2.76. The fraction of sp³-hybridized carbons (Fsp3) is 0.833. The zero-order valence-corrected chi connectivity index (χ0v) is 10.4. The molecular formula is C12H20N2O3. The van der Waals surface area contributed by atoms with Gasteiger partial charge in [0.15, 0.2) is 5.78 Å². The number of amides is 1. The van der Waals surface area contributed by atoms with Gasteiger partial charge in [-0.1, -0.05) is 0 Å². The van der Waals surface area contributed by atoms with Crippen molar-refractivity contribution in [1.82, 2.24) is 10.2 Å². The SMILES string of the molecule is CNC1COCC2CCCC(C(C)=O)N2C1=O. The lowest BCUT2D eigenvalue weighted by molar-refractivity contribution is -0.144. The molecule has 2 aliphatic rings. The van der Waals surface area contributed by atoms with Gasteiger partial charge in [0.1, 0.15) is 6.04 Å². The topological polar surface area (TPSA) is 58.6 Å². The van der Waals surface area contributed by atoms with Crippen LogP contribution >= 0.6 is 0 Å². The Balaban J connectivity index is 2.24. The van der Waals surface area contributed by atoms with E-state index in [2.05, 4.69) is 5.32 Å². The van der Waals surface area contributed by atoms with E-state index in [0.29, 0.717) is 13.2 Å². The average molecular weight is 240 g/mol. The minimum atomic E-state index is -0.319. The lowest BCUT2D eigenvalue weighted by atomic mass is 9.93. The third-order valence-electron chi connectivity index (χ3n) is 3.71. The maximum Gasteiger partial charge on any atom is 0.243 e. The van der Waals surface area contributed by atoms with Crippen molar-refractivity contribution in [3.8, 4) is 0 Å². The van der Waals surface area contributed by atoms with Gasteiger partial charge in [-0.2, -0.15) is 0 Å². The van der Waals surface area contributed by atoms with Crippen LogP contribution in [0.4, 0.5) is 0 Å². The second-order valence-corrected chi connectivity index (χ2v) is 4.84. The zero-order valence-electron chi connectivity index (χ0n) is 10.4. The van der Waals surface area contributed by atoms with Crippen molar-refractivity contribution >= 4 is 11.7 Å². The van der Waals surface area contributed by atoms with Crippen LogP contribution in [0.25, 0.3) is 0 Å². The number of hydrogen-bond donors (Lipinski definition) is 1. The van der Waals surface area contributed by atoms with E-state index in [1.807, 2.05) is 0 Å². The standard InChI is InChI=1S/C12H20N2O3/c1-8(15)11-5-3-4-9-6-17-7-10(13-2)12(16)14(9)11/h9-11,13H,3-7H2,1-2H3. The van der Waals surface area contributed by atoms with E-state index >= 15 is 0 Å². The Morgan fingerprint density at radius 2 is 2.18 bits per heavy atom. The first kappa shape index (κ1) is 12.5. The quantitative estimate of drug-likeness (QED) is 0.735. The molecule has 0 radical (unpaired) electrons. The predicted molar refractivity (Wildman–Crippen MR) is 62.6 cm³/mol. The van der Waals surface area contributed by atoms with Crippen molar-refractivity contribution in [2.75, 3.05) is 20.3 Å². The molecule has 2 fully saturated rings. The molecule has 0 aromatic heterocycles. The summed E-state index contributed by atoms with van der Waals surface area (Å²) in [5.41, 5.74) is 0. The Kier molecular flexibility index (Phi) is 3.79. The molecular weight excluding hydrogens is 220 g/mol. The van der Waals surface area contributed by atoms with E-state index in [-0.39, 0.29) is 29.8 Å². The number of ketones is 1. The van der Waals surface area contributed by atoms with Gasteiger partial charge >= 0.3 is 0 Å². The minimum absolute atomic E-state index is 0.00917. The third kappa shape index (κ3) is 2.35. The molecule has 1 amide bonds. The first-order valence-electron chi connectivity index (χ1n) is 6.22. The van der Waals surface area contributed by atoms with Crippen LogP contribution in [0.2, 0.25) is 0 Å². The fourth-order valence-electron chi connectivity index (χ4n) is 2.76. The number of piperidine rings is 1. The van der Waals surface area contributed by atoms with E-state index in [1.54, 1.807) is 18.9 Å². The second-order valence-electron chi connectivity index (χ2n) is 4.84. The lowest BCUT2D eigenvalue weighted by Gasteiger charge is -2.40. The highest BCUT2D eigenvalue weighted by molar-refractivity contribution is 5.90. The van der Waals surface area contributed by atoms with Crippen molar-refractivity contribution in [3.05, 3.63) is 0 Å². The molecule has 5 nitrogen and oxygen atoms in total. The summed E-state index contributed by atoms with van der Waals surface area (Å²) in [5.74, 6) is 0.0923. The van der Waals surface area contributed by atoms with Crippen LogP contribution in [0, 0.1) is 0 Å². The Hall–Kier alpha value is -0.940. The van der Waals surface area contributed by atoms with Crippen molar-refractivity contribution < 1.29 is 14.3 Å². The molecule has 17 heavy (non-hydrogen) atoms. The smallest absolute Gasteiger partial charge is 0.243 e. The molecule has 2 aliphatic heterocycles. The van der Waals surface area contributed by atoms with Gasteiger partial charge in [0.2, 0.25) is 5.91 Å².